The van der Waals surface area contributed by atoms with Crippen molar-refractivity contribution in [3.05, 3.63) is 95.6 Å². The van der Waals surface area contributed by atoms with Gasteiger partial charge in [-0.15, -0.1) is 0 Å². The van der Waals surface area contributed by atoms with Gasteiger partial charge in [-0.25, -0.2) is 0 Å². The Labute approximate surface area is 193 Å². The Hall–Kier alpha value is -3.60. The van der Waals surface area contributed by atoms with Gasteiger partial charge in [-0.05, 0) is 29.3 Å². The molecular formula is C28H27NO4. The molecule has 2 heterocycles. The lowest BCUT2D eigenvalue weighted by Crippen LogP contribution is -2.53. The van der Waals surface area contributed by atoms with Crippen molar-refractivity contribution in [2.45, 2.75) is 30.8 Å². The Balaban J connectivity index is 1.35. The second-order valence-electron chi connectivity index (χ2n) is 8.83. The van der Waals surface area contributed by atoms with E-state index in [1.165, 1.54) is 0 Å². The van der Waals surface area contributed by atoms with Crippen LogP contribution in [0.15, 0.2) is 78.9 Å². The Bertz CT molecular complexity index is 1110. The Kier molecular flexibility index (Phi) is 5.63. The predicted molar refractivity (Wildman–Crippen MR) is 126 cm³/mol. The summed E-state index contributed by atoms with van der Waals surface area (Å²) in [5.74, 6) is 1.08. The van der Waals surface area contributed by atoms with E-state index in [2.05, 4.69) is 0 Å². The molecule has 0 bridgehead atoms. The predicted octanol–water partition coefficient (Wildman–Crippen LogP) is 4.85. The van der Waals surface area contributed by atoms with Gasteiger partial charge in [0, 0.05) is 25.9 Å². The molecule has 0 atom stereocenters. The maximum Gasteiger partial charge on any atom is 0.234 e. The zero-order valence-electron chi connectivity index (χ0n) is 18.7. The summed E-state index contributed by atoms with van der Waals surface area (Å²) in [5, 5.41) is 0. The first-order chi connectivity index (χ1) is 16.1. The summed E-state index contributed by atoms with van der Waals surface area (Å²) in [6.07, 6.45) is 1.59. The molecule has 0 saturated carbocycles. The van der Waals surface area contributed by atoms with Crippen LogP contribution in [0.25, 0.3) is 0 Å². The molecular weight excluding hydrogens is 414 g/mol. The van der Waals surface area contributed by atoms with E-state index in [1.807, 2.05) is 77.7 Å². The van der Waals surface area contributed by atoms with Crippen molar-refractivity contribution in [3.63, 3.8) is 0 Å². The van der Waals surface area contributed by atoms with Crippen molar-refractivity contribution >= 4 is 11.7 Å². The molecule has 5 rings (SSSR count). The fourth-order valence-electron chi connectivity index (χ4n) is 4.96. The highest BCUT2D eigenvalue weighted by atomic mass is 16.5. The first-order valence-corrected chi connectivity index (χ1v) is 11.4. The highest BCUT2D eigenvalue weighted by Gasteiger charge is 2.44. The first-order valence-electron chi connectivity index (χ1n) is 11.4. The van der Waals surface area contributed by atoms with Crippen LogP contribution in [-0.2, 0) is 4.79 Å². The summed E-state index contributed by atoms with van der Waals surface area (Å²) in [4.78, 5) is 28.5. The number of hydrogen-bond acceptors (Lipinski definition) is 4. The molecule has 0 aliphatic carbocycles. The Morgan fingerprint density at radius 2 is 1.55 bits per heavy atom. The van der Waals surface area contributed by atoms with Crippen LogP contribution in [0.3, 0.4) is 0 Å². The average Bonchev–Trinajstić information content (AvgIpc) is 2.86. The van der Waals surface area contributed by atoms with E-state index in [1.54, 1.807) is 13.2 Å². The van der Waals surface area contributed by atoms with Crippen LogP contribution in [0.1, 0.15) is 46.7 Å². The van der Waals surface area contributed by atoms with Gasteiger partial charge in [0.15, 0.2) is 5.78 Å². The van der Waals surface area contributed by atoms with E-state index in [0.29, 0.717) is 49.4 Å². The summed E-state index contributed by atoms with van der Waals surface area (Å²) in [5.41, 5.74) is 2.00. The lowest BCUT2D eigenvalue weighted by Gasteiger charge is -2.44. The van der Waals surface area contributed by atoms with Gasteiger partial charge in [-0.2, -0.15) is 0 Å². The number of Topliss-reactive ketones (excluding diaryl/α,β-unsaturated/α-hetero) is 1. The molecule has 2 aliphatic heterocycles. The number of likely N-dealkylation sites (tertiary alicyclic amines) is 1. The van der Waals surface area contributed by atoms with E-state index in [0.717, 1.165) is 11.1 Å². The molecule has 3 aromatic rings. The molecule has 0 unspecified atom stereocenters. The molecule has 1 fully saturated rings. The standard InChI is InChI=1S/C28H27NO4/c1-32-22-12-13-25-23(18-22)24(30)19-28(33-25)14-16-29(17-15-28)27(31)26(20-8-4-2-5-9-20)21-10-6-3-7-11-21/h2-13,18,26H,14-17,19H2,1H3. The molecule has 5 nitrogen and oxygen atoms in total. The molecule has 3 aromatic carbocycles. The van der Waals surface area contributed by atoms with Gasteiger partial charge in [0.05, 0.1) is 25.0 Å². The normalized spacial score (nSPS) is 16.9. The number of amides is 1. The minimum Gasteiger partial charge on any atom is -0.497 e. The highest BCUT2D eigenvalue weighted by Crippen LogP contribution is 2.41. The first kappa shape index (κ1) is 21.3. The summed E-state index contributed by atoms with van der Waals surface area (Å²) >= 11 is 0. The number of methoxy groups -OCH3 is 1. The second kappa shape index (κ2) is 8.74. The molecule has 5 heteroatoms. The number of carbonyl (C=O) groups is 2. The maximum absolute atomic E-state index is 13.7. The van der Waals surface area contributed by atoms with Gasteiger partial charge >= 0.3 is 0 Å². The third-order valence-electron chi connectivity index (χ3n) is 6.80. The average molecular weight is 442 g/mol. The summed E-state index contributed by atoms with van der Waals surface area (Å²) in [6, 6.07) is 25.2. The topological polar surface area (TPSA) is 55.8 Å². The van der Waals surface area contributed by atoms with Crippen molar-refractivity contribution in [3.8, 4) is 11.5 Å². The number of ether oxygens (including phenoxy) is 2. The number of hydrogen-bond donors (Lipinski definition) is 0. The fourth-order valence-corrected chi connectivity index (χ4v) is 4.96. The maximum atomic E-state index is 13.7. The zero-order valence-corrected chi connectivity index (χ0v) is 18.7. The molecule has 1 amide bonds. The molecule has 168 valence electrons. The summed E-state index contributed by atoms with van der Waals surface area (Å²) in [6.45, 7) is 1.13. The number of benzene rings is 3. The number of rotatable bonds is 4. The van der Waals surface area contributed by atoms with Crippen LogP contribution < -0.4 is 9.47 Å². The number of piperidine rings is 1. The van der Waals surface area contributed by atoms with Crippen molar-refractivity contribution in [1.82, 2.24) is 4.90 Å². The molecule has 2 aliphatic rings. The molecule has 1 spiro atoms. The Morgan fingerprint density at radius 1 is 0.939 bits per heavy atom. The van der Waals surface area contributed by atoms with Crippen molar-refractivity contribution < 1.29 is 19.1 Å². The second-order valence-corrected chi connectivity index (χ2v) is 8.83. The molecule has 0 N–H and O–H groups in total. The highest BCUT2D eigenvalue weighted by molar-refractivity contribution is 6.00. The van der Waals surface area contributed by atoms with Gasteiger partial charge in [0.2, 0.25) is 5.91 Å². The number of ketones is 1. The number of fused-ring (bicyclic) bond motifs is 1. The van der Waals surface area contributed by atoms with Crippen molar-refractivity contribution in [1.29, 1.82) is 0 Å². The lowest BCUT2D eigenvalue weighted by molar-refractivity contribution is -0.135. The SMILES string of the molecule is COc1ccc2c(c1)C(=O)CC1(CCN(C(=O)C(c3ccccc3)c3ccccc3)CC1)O2. The fraction of sp³-hybridized carbons (Fsp3) is 0.286. The lowest BCUT2D eigenvalue weighted by atomic mass is 9.81. The van der Waals surface area contributed by atoms with Crippen LogP contribution in [0, 0.1) is 0 Å². The quantitative estimate of drug-likeness (QED) is 0.581. The van der Waals surface area contributed by atoms with Gasteiger partial charge in [-0.1, -0.05) is 60.7 Å². The van der Waals surface area contributed by atoms with Gasteiger partial charge in [0.25, 0.3) is 0 Å². The molecule has 33 heavy (non-hydrogen) atoms. The van der Waals surface area contributed by atoms with E-state index in [-0.39, 0.29) is 17.6 Å². The number of nitrogens with zero attached hydrogens (tertiary/aromatic N) is 1. The molecule has 1 saturated heterocycles. The summed E-state index contributed by atoms with van der Waals surface area (Å²) in [7, 11) is 1.59. The largest absolute Gasteiger partial charge is 0.497 e. The van der Waals surface area contributed by atoms with Crippen LogP contribution in [0.4, 0.5) is 0 Å². The van der Waals surface area contributed by atoms with Crippen LogP contribution in [-0.4, -0.2) is 42.4 Å². The zero-order chi connectivity index (χ0) is 22.8. The third kappa shape index (κ3) is 4.11. The molecule has 0 aromatic heterocycles. The minimum absolute atomic E-state index is 0.0707. The number of carbonyl (C=O) groups excluding carboxylic acids is 2. The van der Waals surface area contributed by atoms with Crippen LogP contribution in [0.5, 0.6) is 11.5 Å². The van der Waals surface area contributed by atoms with E-state index >= 15 is 0 Å². The smallest absolute Gasteiger partial charge is 0.234 e. The van der Waals surface area contributed by atoms with Crippen LogP contribution in [0.2, 0.25) is 0 Å². The van der Waals surface area contributed by atoms with E-state index in [9.17, 15) is 9.59 Å². The van der Waals surface area contributed by atoms with Gasteiger partial charge in [0.1, 0.15) is 17.1 Å². The third-order valence-corrected chi connectivity index (χ3v) is 6.80. The van der Waals surface area contributed by atoms with Crippen LogP contribution >= 0.6 is 0 Å². The van der Waals surface area contributed by atoms with E-state index < -0.39 is 5.60 Å². The van der Waals surface area contributed by atoms with Gasteiger partial charge < -0.3 is 14.4 Å². The summed E-state index contributed by atoms with van der Waals surface area (Å²) < 4.78 is 11.6. The minimum atomic E-state index is -0.551. The monoisotopic (exact) mass is 441 g/mol. The van der Waals surface area contributed by atoms with E-state index in [4.69, 9.17) is 9.47 Å². The van der Waals surface area contributed by atoms with Crippen molar-refractivity contribution in [2.75, 3.05) is 20.2 Å². The van der Waals surface area contributed by atoms with Crippen molar-refractivity contribution in [2.24, 2.45) is 0 Å². The van der Waals surface area contributed by atoms with Gasteiger partial charge in [-0.3, -0.25) is 9.59 Å². The Morgan fingerprint density at radius 3 is 2.12 bits per heavy atom. The molecule has 0 radical (unpaired) electrons.